The van der Waals surface area contributed by atoms with E-state index in [-0.39, 0.29) is 15.7 Å². The van der Waals surface area contributed by atoms with E-state index in [9.17, 15) is 0 Å². The fourth-order valence-corrected chi connectivity index (χ4v) is 12.1. The monoisotopic (exact) mass is 315 g/mol. The molecule has 0 spiro atoms. The van der Waals surface area contributed by atoms with E-state index in [0.717, 1.165) is 0 Å². The maximum absolute atomic E-state index is 2.75. The normalized spacial score (nSPS) is 16.0. The van der Waals surface area contributed by atoms with Gasteiger partial charge in [-0.25, -0.2) is 0 Å². The molecule has 0 aromatic carbocycles. The van der Waals surface area contributed by atoms with Crippen LogP contribution in [-0.2, 0) is 0 Å². The van der Waals surface area contributed by atoms with Crippen molar-refractivity contribution in [3.63, 3.8) is 0 Å². The molecule has 0 bridgehead atoms. The highest BCUT2D eigenvalue weighted by molar-refractivity contribution is 14.1. The van der Waals surface area contributed by atoms with Gasteiger partial charge in [0.15, 0.2) is 0 Å². The summed E-state index contributed by atoms with van der Waals surface area (Å²) in [5.41, 5.74) is 0.755. The fraction of sp³-hybridized carbons (Fsp3) is 1.00. The quantitative estimate of drug-likeness (QED) is 0.423. The number of halogens is 1. The molecule has 0 heterocycles. The highest BCUT2D eigenvalue weighted by Crippen LogP contribution is 2.22. The van der Waals surface area contributed by atoms with Gasteiger partial charge in [-0.3, -0.25) is 0 Å². The van der Waals surface area contributed by atoms with Gasteiger partial charge in [0.25, 0.3) is 0 Å². The second-order valence-corrected chi connectivity index (χ2v) is 18.8. The molecule has 0 fully saturated rings. The van der Waals surface area contributed by atoms with Gasteiger partial charge in [0.05, 0.1) is 15.7 Å². The van der Waals surface area contributed by atoms with Crippen molar-refractivity contribution in [1.82, 2.24) is 4.57 Å². The zero-order chi connectivity index (χ0) is 9.99. The van der Waals surface area contributed by atoms with E-state index in [4.69, 9.17) is 0 Å². The standard InChI is InChI=1S/C8H22INSi2/c1-7(2,3)10(12-11-9)8(4,5)6/h11-12H2,1-6H3. The Morgan fingerprint density at radius 1 is 0.917 bits per heavy atom. The van der Waals surface area contributed by atoms with Crippen LogP contribution in [0.1, 0.15) is 41.5 Å². The first kappa shape index (κ1) is 13.1. The Kier molecular flexibility index (Phi) is 4.99. The van der Waals surface area contributed by atoms with Crippen LogP contribution in [0.4, 0.5) is 0 Å². The van der Waals surface area contributed by atoms with E-state index in [2.05, 4.69) is 67.9 Å². The molecule has 0 N–H and O–H groups in total. The molecule has 0 saturated carbocycles. The average Bonchev–Trinajstić information content (AvgIpc) is 1.77. The number of rotatable bonds is 2. The summed E-state index contributed by atoms with van der Waals surface area (Å²) in [6, 6.07) is 0. The summed E-state index contributed by atoms with van der Waals surface area (Å²) in [6.07, 6.45) is 0. The first-order valence-electron chi connectivity index (χ1n) is 4.53. The summed E-state index contributed by atoms with van der Waals surface area (Å²) >= 11 is 2.64. The molecule has 0 radical (unpaired) electrons. The molecule has 0 atom stereocenters. The molecule has 0 aliphatic rings. The predicted octanol–water partition coefficient (Wildman–Crippen LogP) is 1.40. The zero-order valence-electron chi connectivity index (χ0n) is 9.24. The van der Waals surface area contributed by atoms with Crippen LogP contribution in [-0.4, -0.2) is 31.4 Å². The van der Waals surface area contributed by atoms with Gasteiger partial charge in [-0.1, -0.05) is 0 Å². The molecule has 0 aromatic heterocycles. The Hall–Kier alpha value is 1.12. The lowest BCUT2D eigenvalue weighted by Crippen LogP contribution is -2.55. The third-order valence-corrected chi connectivity index (χ3v) is 10.6. The molecule has 0 aliphatic heterocycles. The van der Waals surface area contributed by atoms with E-state index < -0.39 is 0 Å². The van der Waals surface area contributed by atoms with Crippen molar-refractivity contribution in [3.8, 4) is 0 Å². The first-order valence-corrected chi connectivity index (χ1v) is 14.3. The minimum Gasteiger partial charge on any atom is -0.322 e. The molecule has 0 amide bonds. The van der Waals surface area contributed by atoms with E-state index in [1.54, 1.807) is 0 Å². The van der Waals surface area contributed by atoms with Crippen LogP contribution in [0.5, 0.6) is 0 Å². The molecule has 0 saturated heterocycles. The van der Waals surface area contributed by atoms with Gasteiger partial charge < -0.3 is 4.57 Å². The number of hydrogen-bond donors (Lipinski definition) is 0. The molecule has 1 nitrogen and oxygen atoms in total. The van der Waals surface area contributed by atoms with Crippen LogP contribution in [0.3, 0.4) is 0 Å². The Morgan fingerprint density at radius 3 is 1.33 bits per heavy atom. The lowest BCUT2D eigenvalue weighted by Gasteiger charge is -2.45. The van der Waals surface area contributed by atoms with Crippen molar-refractivity contribution in [2.24, 2.45) is 0 Å². The van der Waals surface area contributed by atoms with Crippen LogP contribution in [0.15, 0.2) is 0 Å². The van der Waals surface area contributed by atoms with Crippen molar-refractivity contribution in [1.29, 1.82) is 0 Å². The molecule has 4 heteroatoms. The van der Waals surface area contributed by atoms with Gasteiger partial charge in [-0.15, -0.1) is 21.8 Å². The molecule has 0 rings (SSSR count). The van der Waals surface area contributed by atoms with Crippen molar-refractivity contribution < 1.29 is 0 Å². The summed E-state index contributed by atoms with van der Waals surface area (Å²) in [5, 5.41) is 0. The molecule has 0 aliphatic carbocycles. The molecule has 0 aromatic rings. The summed E-state index contributed by atoms with van der Waals surface area (Å²) in [7, 11) is 0.0862. The first-order chi connectivity index (χ1) is 5.19. The molecule has 74 valence electrons. The van der Waals surface area contributed by atoms with Crippen molar-refractivity contribution in [2.45, 2.75) is 52.6 Å². The van der Waals surface area contributed by atoms with Crippen molar-refractivity contribution >= 4 is 37.5 Å². The Balaban J connectivity index is 4.45. The average molecular weight is 315 g/mol. The highest BCUT2D eigenvalue weighted by atomic mass is 127. The van der Waals surface area contributed by atoms with Gasteiger partial charge >= 0.3 is 0 Å². The lowest BCUT2D eigenvalue weighted by atomic mass is 10.0. The minimum atomic E-state index is 0.0862. The van der Waals surface area contributed by atoms with Crippen molar-refractivity contribution in [3.05, 3.63) is 0 Å². The topological polar surface area (TPSA) is 3.24 Å². The second-order valence-electron chi connectivity index (χ2n) is 5.18. The number of hydrogen-bond acceptors (Lipinski definition) is 1. The number of nitrogens with zero attached hydrogens (tertiary/aromatic N) is 1. The maximum atomic E-state index is 2.75. The largest absolute Gasteiger partial charge is 0.322 e. The highest BCUT2D eigenvalue weighted by Gasteiger charge is 2.30. The van der Waals surface area contributed by atoms with E-state index >= 15 is 0 Å². The van der Waals surface area contributed by atoms with E-state index in [0.29, 0.717) is 11.1 Å². The summed E-state index contributed by atoms with van der Waals surface area (Å²) in [6.45, 7) is 14.3. The Morgan fingerprint density at radius 2 is 1.25 bits per heavy atom. The van der Waals surface area contributed by atoms with Crippen LogP contribution < -0.4 is 0 Å². The second kappa shape index (κ2) is 4.57. The lowest BCUT2D eigenvalue weighted by molar-refractivity contribution is 0.142. The van der Waals surface area contributed by atoms with E-state index in [1.807, 2.05) is 0 Å². The fourth-order valence-electron chi connectivity index (χ4n) is 1.76. The van der Waals surface area contributed by atoms with Crippen LogP contribution in [0, 0.1) is 0 Å². The summed E-state index contributed by atoms with van der Waals surface area (Å²) < 4.78 is 2.75. The Bertz CT molecular complexity index is 123. The summed E-state index contributed by atoms with van der Waals surface area (Å²) in [4.78, 5) is 0. The minimum absolute atomic E-state index is 0.0862. The van der Waals surface area contributed by atoms with Gasteiger partial charge in [0, 0.05) is 11.1 Å². The molecule has 0 unspecified atom stereocenters. The van der Waals surface area contributed by atoms with Gasteiger partial charge in [-0.2, -0.15) is 0 Å². The van der Waals surface area contributed by atoms with Crippen molar-refractivity contribution in [2.75, 3.05) is 0 Å². The molecule has 12 heavy (non-hydrogen) atoms. The van der Waals surface area contributed by atoms with Gasteiger partial charge in [0.2, 0.25) is 0 Å². The van der Waals surface area contributed by atoms with Gasteiger partial charge in [0.1, 0.15) is 0 Å². The third-order valence-electron chi connectivity index (χ3n) is 1.93. The van der Waals surface area contributed by atoms with E-state index in [1.165, 1.54) is 0 Å². The predicted molar refractivity (Wildman–Crippen MR) is 72.5 cm³/mol. The van der Waals surface area contributed by atoms with Crippen LogP contribution >= 0.6 is 21.8 Å². The Labute approximate surface area is 94.4 Å². The molecular weight excluding hydrogens is 293 g/mol. The van der Waals surface area contributed by atoms with Crippen LogP contribution in [0.25, 0.3) is 0 Å². The molecular formula is C8H22INSi2. The zero-order valence-corrected chi connectivity index (χ0v) is 14.2. The SMILES string of the molecule is CC(C)(C)N([SiH2][SiH2]I)C(C)(C)C. The van der Waals surface area contributed by atoms with Crippen LogP contribution in [0.2, 0.25) is 0 Å². The summed E-state index contributed by atoms with van der Waals surface area (Å²) in [5.74, 6) is 0. The maximum Gasteiger partial charge on any atom is 0.0973 e. The smallest absolute Gasteiger partial charge is 0.0973 e. The van der Waals surface area contributed by atoms with Gasteiger partial charge in [-0.05, 0) is 41.5 Å². The third kappa shape index (κ3) is 4.39.